The summed E-state index contributed by atoms with van der Waals surface area (Å²) in [5.41, 5.74) is 0. The fourth-order valence-electron chi connectivity index (χ4n) is 2.54. The summed E-state index contributed by atoms with van der Waals surface area (Å²) < 4.78 is 6.99. The van der Waals surface area contributed by atoms with E-state index in [1.807, 2.05) is 0 Å². The molecule has 25 heavy (non-hydrogen) atoms. The van der Waals surface area contributed by atoms with Crippen molar-refractivity contribution in [2.45, 2.75) is 0 Å². The third kappa shape index (κ3) is 3.76. The van der Waals surface area contributed by atoms with E-state index in [-0.39, 0.29) is 0 Å². The van der Waals surface area contributed by atoms with Gasteiger partial charge in [0, 0.05) is 0 Å². The van der Waals surface area contributed by atoms with Gasteiger partial charge in [0.15, 0.2) is 0 Å². The van der Waals surface area contributed by atoms with Gasteiger partial charge in [0.1, 0.15) is 0 Å². The molecule has 1 aliphatic heterocycles. The van der Waals surface area contributed by atoms with Crippen LogP contribution in [0, 0.1) is 0 Å². The van der Waals surface area contributed by atoms with Crippen LogP contribution >= 0.6 is 23.0 Å². The summed E-state index contributed by atoms with van der Waals surface area (Å²) in [7, 11) is -8.34. The number of aliphatic hydroxyl groups excluding tert-OH is 6. The van der Waals surface area contributed by atoms with Gasteiger partial charge in [0.25, 0.3) is 0 Å². The first kappa shape index (κ1) is 21.1. The average molecular weight is 415 g/mol. The van der Waals surface area contributed by atoms with Crippen molar-refractivity contribution in [3.8, 4) is 5.75 Å². The van der Waals surface area contributed by atoms with Crippen molar-refractivity contribution in [1.29, 1.82) is 0 Å². The molecule has 0 aromatic heterocycles. The van der Waals surface area contributed by atoms with Gasteiger partial charge in [-0.2, -0.15) is 0 Å². The first-order valence-corrected chi connectivity index (χ1v) is 13.2. The molecule has 1 aliphatic rings. The van der Waals surface area contributed by atoms with Crippen LogP contribution in [0.3, 0.4) is 0 Å². The Morgan fingerprint density at radius 3 is 2.04 bits per heavy atom. The van der Waals surface area contributed by atoms with Gasteiger partial charge >= 0.3 is 147 Å². The van der Waals surface area contributed by atoms with Crippen molar-refractivity contribution < 1.29 is 35.5 Å². The number of hydrogen-bond donors (Lipinski definition) is 6. The maximum absolute atomic E-state index is 10.1. The summed E-state index contributed by atoms with van der Waals surface area (Å²) in [5.74, 6) is 0.371. The molecule has 1 heterocycles. The molecule has 0 aliphatic carbocycles. The summed E-state index contributed by atoms with van der Waals surface area (Å²) in [5, 5.41) is 59.6. The molecule has 0 amide bonds. The minimum absolute atomic E-state index is 0.371. The summed E-state index contributed by atoms with van der Waals surface area (Å²) in [6.07, 6.45) is -2.64. The van der Waals surface area contributed by atoms with Crippen LogP contribution in [-0.2, 0) is 0 Å². The number of aliphatic hydroxyl groups is 6. The Labute approximate surface area is 147 Å². The maximum atomic E-state index is 10.1. The number of nitrogens with zero attached hydrogens (tertiary/aromatic N) is 3. The van der Waals surface area contributed by atoms with Gasteiger partial charge in [0.05, 0.1) is 0 Å². The van der Waals surface area contributed by atoms with Crippen LogP contribution in [0.2, 0.25) is 0 Å². The van der Waals surface area contributed by atoms with Crippen LogP contribution in [0.1, 0.15) is 0 Å². The van der Waals surface area contributed by atoms with Crippen LogP contribution in [0.4, 0.5) is 0 Å². The van der Waals surface area contributed by atoms with Crippen molar-refractivity contribution in [2.75, 3.05) is 38.5 Å². The Morgan fingerprint density at radius 2 is 1.60 bits per heavy atom. The summed E-state index contributed by atoms with van der Waals surface area (Å²) in [6.45, 7) is -0.561. The summed E-state index contributed by atoms with van der Waals surface area (Å²) in [6, 6.07) is 8.51. The molecule has 144 valence electrons. The van der Waals surface area contributed by atoms with E-state index in [2.05, 4.69) is 4.52 Å². The third-order valence-electron chi connectivity index (χ3n) is 3.88. The molecule has 1 unspecified atom stereocenters. The zero-order valence-corrected chi connectivity index (χ0v) is 16.2. The Balaban J connectivity index is 2.64. The zero-order chi connectivity index (χ0) is 18.5. The standard InChI is InChI=1S/C12H24N3O7P3/c16-6-14-23(7-17)13-24(8-18,9-19)15(25(14,10-20)11-21)22-12-4-2-1-3-5-12/h1-5,16-21,25H,6-11H2. The predicted octanol–water partition coefficient (Wildman–Crippen LogP) is 0.305. The summed E-state index contributed by atoms with van der Waals surface area (Å²) >= 11 is 0. The fraction of sp³-hybridized carbons (Fsp3) is 0.500. The Hall–Kier alpha value is -0.210. The monoisotopic (exact) mass is 415 g/mol. The van der Waals surface area contributed by atoms with Crippen LogP contribution < -0.4 is 4.84 Å². The van der Waals surface area contributed by atoms with Crippen LogP contribution in [0.15, 0.2) is 34.8 Å². The minimum atomic E-state index is -3.52. The average Bonchev–Trinajstić information content (AvgIpc) is 2.68. The van der Waals surface area contributed by atoms with E-state index >= 15 is 0 Å². The van der Waals surface area contributed by atoms with Gasteiger partial charge in [-0.15, -0.1) is 0 Å². The normalized spacial score (nSPS) is 24.5. The van der Waals surface area contributed by atoms with Crippen LogP contribution in [0.5, 0.6) is 5.75 Å². The van der Waals surface area contributed by atoms with Gasteiger partial charge in [-0.25, -0.2) is 0 Å². The quantitative estimate of drug-likeness (QED) is 0.330. The van der Waals surface area contributed by atoms with E-state index in [0.29, 0.717) is 5.75 Å². The van der Waals surface area contributed by atoms with Crippen molar-refractivity contribution >= 4 is 23.0 Å². The molecule has 0 saturated heterocycles. The van der Waals surface area contributed by atoms with E-state index in [9.17, 15) is 30.6 Å². The van der Waals surface area contributed by atoms with E-state index in [0.717, 1.165) is 0 Å². The molecule has 0 fully saturated rings. The van der Waals surface area contributed by atoms with Gasteiger partial charge in [-0.1, -0.05) is 0 Å². The Kier molecular flexibility index (Phi) is 7.70. The second kappa shape index (κ2) is 9.13. The van der Waals surface area contributed by atoms with Gasteiger partial charge < -0.3 is 0 Å². The van der Waals surface area contributed by atoms with Gasteiger partial charge in [0.2, 0.25) is 0 Å². The second-order valence-electron chi connectivity index (χ2n) is 5.28. The molecular weight excluding hydrogens is 391 g/mol. The molecule has 0 radical (unpaired) electrons. The first-order chi connectivity index (χ1) is 12.1. The van der Waals surface area contributed by atoms with Crippen molar-refractivity contribution in [3.63, 3.8) is 0 Å². The SMILES string of the molecule is OCN1P(CO)N=P(CO)(CO)N(Oc2ccccc2)[PH]1(CO)CO. The number of benzene rings is 1. The summed E-state index contributed by atoms with van der Waals surface area (Å²) in [4.78, 5) is 5.86. The predicted molar refractivity (Wildman–Crippen MR) is 97.8 cm³/mol. The van der Waals surface area contributed by atoms with Crippen LogP contribution in [-0.4, -0.2) is 78.2 Å². The molecule has 1 aromatic carbocycles. The van der Waals surface area contributed by atoms with E-state index in [1.54, 1.807) is 30.3 Å². The third-order valence-corrected chi connectivity index (χ3v) is 15.6. The van der Waals surface area contributed by atoms with E-state index in [1.165, 1.54) is 9.05 Å². The van der Waals surface area contributed by atoms with Crippen molar-refractivity contribution in [3.05, 3.63) is 30.3 Å². The number of hydrogen-bond acceptors (Lipinski definition) is 10. The fourth-order valence-corrected chi connectivity index (χ4v) is 15.0. The molecule has 6 N–H and O–H groups in total. The first-order valence-electron chi connectivity index (χ1n) is 7.41. The Morgan fingerprint density at radius 1 is 1.00 bits per heavy atom. The molecule has 1 atom stereocenters. The molecular formula is C12H24N3O7P3. The van der Waals surface area contributed by atoms with Crippen LogP contribution in [0.25, 0.3) is 0 Å². The molecule has 0 spiro atoms. The van der Waals surface area contributed by atoms with Crippen molar-refractivity contribution in [2.24, 2.45) is 4.52 Å². The molecule has 10 nitrogen and oxygen atoms in total. The topological polar surface area (TPSA) is 149 Å². The van der Waals surface area contributed by atoms with E-state index < -0.39 is 61.5 Å². The van der Waals surface area contributed by atoms with E-state index in [4.69, 9.17) is 4.84 Å². The van der Waals surface area contributed by atoms with Gasteiger partial charge in [-0.3, -0.25) is 0 Å². The molecule has 2 rings (SSSR count). The second-order valence-corrected chi connectivity index (χ2v) is 14.5. The molecule has 0 saturated carbocycles. The number of para-hydroxylation sites is 1. The van der Waals surface area contributed by atoms with Gasteiger partial charge in [-0.05, 0) is 0 Å². The van der Waals surface area contributed by atoms with Crippen molar-refractivity contribution in [1.82, 2.24) is 9.05 Å². The molecule has 1 aromatic rings. The molecule has 0 bridgehead atoms. The Bertz CT molecular complexity index is 597. The zero-order valence-electron chi connectivity index (χ0n) is 13.5. The number of rotatable bonds is 8. The molecule has 13 heteroatoms.